The summed E-state index contributed by atoms with van der Waals surface area (Å²) in [6, 6.07) is 18.9. The second-order valence-electron chi connectivity index (χ2n) is 14.5. The van der Waals surface area contributed by atoms with Crippen molar-refractivity contribution in [1.82, 2.24) is 0 Å². The molecule has 0 aliphatic carbocycles. The average molecular weight is 697 g/mol. The number of Topliss-reactive ketones (excluding diaryl/α,β-unsaturated/α-hetero) is 2. The molecular formula is C46H52N2O4. The smallest absolute Gasteiger partial charge is 0.165 e. The first-order valence-corrected chi connectivity index (χ1v) is 17.6. The molecule has 0 heterocycles. The maximum atomic E-state index is 13.2. The summed E-state index contributed by atoms with van der Waals surface area (Å²) >= 11 is 0. The molecule has 0 spiro atoms. The fourth-order valence-electron chi connectivity index (χ4n) is 7.38. The fourth-order valence-corrected chi connectivity index (χ4v) is 7.38. The van der Waals surface area contributed by atoms with E-state index in [1.165, 1.54) is 26.3 Å². The Morgan fingerprint density at radius 3 is 0.962 bits per heavy atom. The third-order valence-corrected chi connectivity index (χ3v) is 9.30. The van der Waals surface area contributed by atoms with Crippen LogP contribution in [0.1, 0.15) is 104 Å². The largest absolute Gasteiger partial charge is 0.506 e. The second kappa shape index (κ2) is 16.3. The van der Waals surface area contributed by atoms with Crippen LogP contribution in [0.25, 0.3) is 11.5 Å². The highest BCUT2D eigenvalue weighted by molar-refractivity contribution is 6.18. The Morgan fingerprint density at radius 2 is 0.712 bits per heavy atom. The lowest BCUT2D eigenvalue weighted by atomic mass is 9.90. The Morgan fingerprint density at radius 1 is 0.462 bits per heavy atom. The summed E-state index contributed by atoms with van der Waals surface area (Å²) < 4.78 is 0. The lowest BCUT2D eigenvalue weighted by Gasteiger charge is -2.24. The van der Waals surface area contributed by atoms with Gasteiger partial charge >= 0.3 is 0 Å². The number of carbonyl (C=O) groups is 2. The standard InChI is InChI=1S/C46H52N2O4/c1-25-13-26(2)20-37(19-25)43(47-23-39(35(11)49)45(51)41-31(7)15-29(5)16-32(41)8)44(38-21-27(3)14-28(4)22-38)48-24-40(36(12)50)46(52)42-33(9)17-30(6)18-34(42)10/h13-24,43-44,51-52H,1-12H3/b45-39-,46-40+,47-23?,48-24?/t43-,44-/m0/s1. The van der Waals surface area contributed by atoms with Crippen molar-refractivity contribution in [1.29, 1.82) is 0 Å². The number of aryl methyl sites for hydroxylation is 10. The number of rotatable bonds is 11. The van der Waals surface area contributed by atoms with Crippen molar-refractivity contribution in [2.24, 2.45) is 9.98 Å². The molecule has 4 aromatic rings. The summed E-state index contributed by atoms with van der Waals surface area (Å²) in [7, 11) is 0. The molecule has 4 aromatic carbocycles. The van der Waals surface area contributed by atoms with Crippen LogP contribution in [0.4, 0.5) is 0 Å². The monoisotopic (exact) mass is 696 g/mol. The van der Waals surface area contributed by atoms with E-state index in [2.05, 4.69) is 12.1 Å². The Kier molecular flexibility index (Phi) is 12.4. The molecular weight excluding hydrogens is 645 g/mol. The van der Waals surface area contributed by atoms with Crippen LogP contribution in [-0.2, 0) is 9.59 Å². The minimum Gasteiger partial charge on any atom is -0.506 e. The minimum absolute atomic E-state index is 0.0832. The van der Waals surface area contributed by atoms with Gasteiger partial charge in [0.25, 0.3) is 0 Å². The molecule has 0 amide bonds. The SMILES string of the molecule is CC(=O)/C(C=N[C@@H](c1cc(C)cc(C)c1)[C@@H](N=C/C(C(C)=O)=C(\O)c1c(C)cc(C)cc1C)c1cc(C)cc(C)c1)=C(\O)c1c(C)cc(C)cc1C. The first-order valence-electron chi connectivity index (χ1n) is 17.6. The molecule has 270 valence electrons. The maximum absolute atomic E-state index is 13.2. The van der Waals surface area contributed by atoms with Gasteiger partial charge in [-0.2, -0.15) is 0 Å². The number of benzene rings is 4. The molecule has 0 aliphatic rings. The number of ketones is 2. The molecule has 2 atom stereocenters. The van der Waals surface area contributed by atoms with Crippen molar-refractivity contribution in [2.45, 2.75) is 95.2 Å². The van der Waals surface area contributed by atoms with E-state index >= 15 is 0 Å². The van der Waals surface area contributed by atoms with Crippen LogP contribution >= 0.6 is 0 Å². The number of aliphatic hydroxyl groups excluding tert-OH is 2. The van der Waals surface area contributed by atoms with Gasteiger partial charge in [-0.25, -0.2) is 0 Å². The van der Waals surface area contributed by atoms with Gasteiger partial charge in [0.2, 0.25) is 0 Å². The Hall–Kier alpha value is -5.36. The zero-order valence-electron chi connectivity index (χ0n) is 32.7. The summed E-state index contributed by atoms with van der Waals surface area (Å²) in [4.78, 5) is 36.6. The molecule has 6 nitrogen and oxygen atoms in total. The molecule has 52 heavy (non-hydrogen) atoms. The molecule has 0 radical (unpaired) electrons. The highest BCUT2D eigenvalue weighted by atomic mass is 16.3. The van der Waals surface area contributed by atoms with Gasteiger partial charge < -0.3 is 10.2 Å². The van der Waals surface area contributed by atoms with E-state index in [-0.39, 0.29) is 34.2 Å². The summed E-state index contributed by atoms with van der Waals surface area (Å²) in [5, 5.41) is 23.3. The number of hydrogen-bond acceptors (Lipinski definition) is 6. The Bertz CT molecular complexity index is 1940. The molecule has 2 N–H and O–H groups in total. The van der Waals surface area contributed by atoms with Gasteiger partial charge in [0.05, 0.1) is 11.1 Å². The summed E-state index contributed by atoms with van der Waals surface area (Å²) in [5.74, 6) is -0.927. The van der Waals surface area contributed by atoms with Crippen LogP contribution in [0.5, 0.6) is 0 Å². The molecule has 0 saturated heterocycles. The summed E-state index contributed by atoms with van der Waals surface area (Å²) in [6.07, 6.45) is 2.92. The van der Waals surface area contributed by atoms with Crippen LogP contribution in [0.3, 0.4) is 0 Å². The molecule has 0 aliphatic heterocycles. The van der Waals surface area contributed by atoms with E-state index in [9.17, 15) is 19.8 Å². The molecule has 0 fully saturated rings. The first-order chi connectivity index (χ1) is 24.4. The highest BCUT2D eigenvalue weighted by Gasteiger charge is 2.27. The molecule has 0 unspecified atom stereocenters. The number of aliphatic imine (C=N–C) groups is 2. The van der Waals surface area contributed by atoms with E-state index in [4.69, 9.17) is 9.98 Å². The quantitative estimate of drug-likeness (QED) is 0.0926. The van der Waals surface area contributed by atoms with Crippen molar-refractivity contribution < 1.29 is 19.8 Å². The highest BCUT2D eigenvalue weighted by Crippen LogP contribution is 2.38. The van der Waals surface area contributed by atoms with Gasteiger partial charge in [-0.1, -0.05) is 94.0 Å². The lowest BCUT2D eigenvalue weighted by Crippen LogP contribution is -2.13. The summed E-state index contributed by atoms with van der Waals surface area (Å²) in [6.45, 7) is 22.6. The predicted molar refractivity (Wildman–Crippen MR) is 216 cm³/mol. The zero-order chi connectivity index (χ0) is 38.6. The fraction of sp³-hybridized carbons (Fsp3) is 0.304. The lowest BCUT2D eigenvalue weighted by molar-refractivity contribution is -0.114. The van der Waals surface area contributed by atoms with E-state index in [1.807, 2.05) is 118 Å². The van der Waals surface area contributed by atoms with Crippen molar-refractivity contribution in [2.75, 3.05) is 0 Å². The average Bonchev–Trinajstić information content (AvgIpc) is 2.99. The maximum Gasteiger partial charge on any atom is 0.165 e. The first kappa shape index (κ1) is 39.4. The van der Waals surface area contributed by atoms with E-state index in [0.717, 1.165) is 66.8 Å². The van der Waals surface area contributed by atoms with Crippen molar-refractivity contribution in [3.05, 3.63) is 150 Å². The van der Waals surface area contributed by atoms with E-state index in [0.29, 0.717) is 11.1 Å². The van der Waals surface area contributed by atoms with Crippen LogP contribution in [-0.4, -0.2) is 34.2 Å². The third-order valence-electron chi connectivity index (χ3n) is 9.30. The van der Waals surface area contributed by atoms with Gasteiger partial charge in [0, 0.05) is 23.6 Å². The Labute approximate surface area is 309 Å². The predicted octanol–water partition coefficient (Wildman–Crippen LogP) is 10.8. The molecule has 4 rings (SSSR count). The topological polar surface area (TPSA) is 99.3 Å². The molecule has 6 heteroatoms. The number of hydrogen-bond donors (Lipinski definition) is 2. The van der Waals surface area contributed by atoms with E-state index < -0.39 is 12.1 Å². The summed E-state index contributed by atoms with van der Waals surface area (Å²) in [5.41, 5.74) is 12.7. The van der Waals surface area contributed by atoms with Crippen LogP contribution in [0.15, 0.2) is 81.8 Å². The van der Waals surface area contributed by atoms with Crippen molar-refractivity contribution in [3.63, 3.8) is 0 Å². The minimum atomic E-state index is -0.684. The van der Waals surface area contributed by atoms with Crippen molar-refractivity contribution >= 4 is 35.5 Å². The number of aliphatic hydroxyl groups is 2. The van der Waals surface area contributed by atoms with Crippen molar-refractivity contribution in [3.8, 4) is 0 Å². The number of carbonyl (C=O) groups excluding carboxylic acids is 2. The third kappa shape index (κ3) is 9.10. The van der Waals surface area contributed by atoms with Crippen LogP contribution in [0, 0.1) is 69.2 Å². The van der Waals surface area contributed by atoms with Gasteiger partial charge in [-0.3, -0.25) is 19.6 Å². The van der Waals surface area contributed by atoms with Crippen LogP contribution < -0.4 is 0 Å². The van der Waals surface area contributed by atoms with Gasteiger partial charge in [0.1, 0.15) is 23.6 Å². The van der Waals surface area contributed by atoms with Gasteiger partial charge in [-0.15, -0.1) is 0 Å². The molecule has 0 bridgehead atoms. The number of nitrogens with zero attached hydrogens (tertiary/aromatic N) is 2. The Balaban J connectivity index is 2.04. The second-order valence-corrected chi connectivity index (χ2v) is 14.5. The van der Waals surface area contributed by atoms with Gasteiger partial charge in [-0.05, 0) is 116 Å². The van der Waals surface area contributed by atoms with Crippen LogP contribution in [0.2, 0.25) is 0 Å². The normalized spacial score (nSPS) is 14.0. The van der Waals surface area contributed by atoms with E-state index in [1.54, 1.807) is 0 Å². The molecule has 0 saturated carbocycles. The van der Waals surface area contributed by atoms with Gasteiger partial charge in [0.15, 0.2) is 11.6 Å². The number of allylic oxidation sites excluding steroid dienone is 2. The molecule has 0 aromatic heterocycles. The zero-order valence-corrected chi connectivity index (χ0v) is 32.7.